The van der Waals surface area contributed by atoms with Crippen LogP contribution in [-0.4, -0.2) is 56.0 Å². The number of aromatic nitrogens is 4. The maximum absolute atomic E-state index is 13.9. The molecule has 0 saturated carbocycles. The van der Waals surface area contributed by atoms with Crippen LogP contribution in [0.25, 0.3) is 16.7 Å². The third-order valence-electron chi connectivity index (χ3n) is 7.20. The smallest absolute Gasteiger partial charge is 0.350 e. The predicted octanol–water partition coefficient (Wildman–Crippen LogP) is 5.37. The van der Waals surface area contributed by atoms with E-state index in [1.54, 1.807) is 29.3 Å². The molecule has 0 unspecified atom stereocenters. The fourth-order valence-corrected chi connectivity index (χ4v) is 5.40. The lowest BCUT2D eigenvalue weighted by atomic mass is 10.0. The second-order valence-corrected chi connectivity index (χ2v) is 10.8. The Labute approximate surface area is 242 Å². The first-order valence-corrected chi connectivity index (χ1v) is 13.8. The highest BCUT2D eigenvalue weighted by Gasteiger charge is 2.30. The van der Waals surface area contributed by atoms with Gasteiger partial charge in [0.2, 0.25) is 5.91 Å². The summed E-state index contributed by atoms with van der Waals surface area (Å²) >= 11 is 6.75. The molecule has 1 N–H and O–H groups in total. The Hall–Kier alpha value is -4.31. The molecule has 1 amide bonds. The summed E-state index contributed by atoms with van der Waals surface area (Å²) in [7, 11) is 0. The van der Waals surface area contributed by atoms with Gasteiger partial charge in [0.1, 0.15) is 11.6 Å². The van der Waals surface area contributed by atoms with Crippen molar-refractivity contribution in [2.24, 2.45) is 0 Å². The van der Waals surface area contributed by atoms with Gasteiger partial charge in [0, 0.05) is 37.6 Å². The third kappa shape index (κ3) is 5.39. The third-order valence-corrected chi connectivity index (χ3v) is 7.49. The number of carbonyl (C=O) groups excluding carboxylic acids is 1. The predicted molar refractivity (Wildman–Crippen MR) is 160 cm³/mol. The number of aryl methyl sites for hydroxylation is 1. The largest absolute Gasteiger partial charge is 0.355 e. The molecule has 1 atom stereocenters. The summed E-state index contributed by atoms with van der Waals surface area (Å²) in [6, 6.07) is 9.38. The molecule has 4 aromatic rings. The second kappa shape index (κ2) is 11.3. The number of pyridine rings is 2. The standard InChI is InChI=1S/C30H31ClFN7O2/c1-6-24(40)37-12-13-38(19(5)16-37)28-22-15-23(31)27(34-21-9-7-8-20(32)14-21)35-29(22)39(30(41)36-28)26-18(4)10-11-33-25(26)17(2)3/h6-11,14-15,17,19H,1,12-13,16H2,2-5H3,(H,34,35)/t19-/m0/s1. The van der Waals surface area contributed by atoms with Gasteiger partial charge in [-0.15, -0.1) is 0 Å². The minimum absolute atomic E-state index is 0.0132. The first-order valence-electron chi connectivity index (χ1n) is 13.4. The quantitative estimate of drug-likeness (QED) is 0.309. The molecule has 212 valence electrons. The van der Waals surface area contributed by atoms with Crippen LogP contribution in [-0.2, 0) is 4.79 Å². The topological polar surface area (TPSA) is 96.3 Å². The average molecular weight is 576 g/mol. The van der Waals surface area contributed by atoms with Crippen LogP contribution in [0, 0.1) is 12.7 Å². The number of hydrogen-bond acceptors (Lipinski definition) is 7. The van der Waals surface area contributed by atoms with E-state index in [9.17, 15) is 14.0 Å². The van der Waals surface area contributed by atoms with E-state index in [1.165, 1.54) is 22.8 Å². The van der Waals surface area contributed by atoms with Crippen molar-refractivity contribution in [2.75, 3.05) is 29.9 Å². The van der Waals surface area contributed by atoms with Crippen LogP contribution >= 0.6 is 11.6 Å². The molecule has 1 saturated heterocycles. The van der Waals surface area contributed by atoms with Crippen molar-refractivity contribution in [3.05, 3.63) is 87.8 Å². The van der Waals surface area contributed by atoms with Gasteiger partial charge in [0.15, 0.2) is 11.5 Å². The molecule has 0 aliphatic carbocycles. The highest BCUT2D eigenvalue weighted by atomic mass is 35.5. The van der Waals surface area contributed by atoms with Crippen molar-refractivity contribution < 1.29 is 9.18 Å². The van der Waals surface area contributed by atoms with Crippen molar-refractivity contribution >= 4 is 45.9 Å². The summed E-state index contributed by atoms with van der Waals surface area (Å²) < 4.78 is 15.4. The first kappa shape index (κ1) is 28.2. The average Bonchev–Trinajstić information content (AvgIpc) is 2.93. The molecule has 1 aromatic carbocycles. The Balaban J connectivity index is 1.75. The fraction of sp³-hybridized carbons (Fsp3) is 0.300. The van der Waals surface area contributed by atoms with Gasteiger partial charge < -0.3 is 15.1 Å². The Morgan fingerprint density at radius 2 is 2.00 bits per heavy atom. The lowest BCUT2D eigenvalue weighted by molar-refractivity contribution is -0.126. The zero-order valence-corrected chi connectivity index (χ0v) is 24.1. The molecule has 1 fully saturated rings. The summed E-state index contributed by atoms with van der Waals surface area (Å²) in [6.07, 6.45) is 3.02. The van der Waals surface area contributed by atoms with E-state index in [-0.39, 0.29) is 28.7 Å². The van der Waals surface area contributed by atoms with Gasteiger partial charge in [-0.25, -0.2) is 18.7 Å². The summed E-state index contributed by atoms with van der Waals surface area (Å²) in [4.78, 5) is 43.9. The molecular formula is C30H31ClFN7O2. The zero-order chi connectivity index (χ0) is 29.4. The second-order valence-electron chi connectivity index (χ2n) is 10.4. The Morgan fingerprint density at radius 3 is 2.68 bits per heavy atom. The Bertz CT molecular complexity index is 1720. The number of nitrogens with one attached hydrogen (secondary N) is 1. The molecular weight excluding hydrogens is 545 g/mol. The molecule has 9 nitrogen and oxygen atoms in total. The lowest BCUT2D eigenvalue weighted by Gasteiger charge is -2.40. The van der Waals surface area contributed by atoms with E-state index in [2.05, 4.69) is 21.9 Å². The van der Waals surface area contributed by atoms with Crippen molar-refractivity contribution in [3.8, 4) is 5.69 Å². The van der Waals surface area contributed by atoms with E-state index >= 15 is 0 Å². The Morgan fingerprint density at radius 1 is 1.22 bits per heavy atom. The molecule has 5 rings (SSSR count). The molecule has 0 spiro atoms. The molecule has 0 radical (unpaired) electrons. The molecule has 1 aliphatic heterocycles. The number of halogens is 2. The van der Waals surface area contributed by atoms with Gasteiger partial charge in [-0.2, -0.15) is 4.98 Å². The van der Waals surface area contributed by atoms with Gasteiger partial charge in [0.05, 0.1) is 21.8 Å². The van der Waals surface area contributed by atoms with Crippen LogP contribution in [0.5, 0.6) is 0 Å². The monoisotopic (exact) mass is 575 g/mol. The summed E-state index contributed by atoms with van der Waals surface area (Å²) in [5.74, 6) is 0.150. The first-order chi connectivity index (χ1) is 19.6. The van der Waals surface area contributed by atoms with E-state index in [0.29, 0.717) is 47.9 Å². The lowest BCUT2D eigenvalue weighted by Crippen LogP contribution is -2.54. The molecule has 3 aromatic heterocycles. The molecule has 1 aliphatic rings. The Kier molecular flexibility index (Phi) is 7.77. The van der Waals surface area contributed by atoms with E-state index in [4.69, 9.17) is 16.6 Å². The normalized spacial score (nSPS) is 15.4. The summed E-state index contributed by atoms with van der Waals surface area (Å²) in [5, 5.41) is 3.92. The van der Waals surface area contributed by atoms with Gasteiger partial charge in [0.25, 0.3) is 0 Å². The number of carbonyl (C=O) groups is 1. The number of fused-ring (bicyclic) bond motifs is 1. The maximum atomic E-state index is 13.9. The number of amides is 1. The van der Waals surface area contributed by atoms with Gasteiger partial charge in [-0.05, 0) is 61.7 Å². The number of benzene rings is 1. The minimum atomic E-state index is -0.520. The van der Waals surface area contributed by atoms with Gasteiger partial charge >= 0.3 is 5.69 Å². The van der Waals surface area contributed by atoms with Crippen LogP contribution in [0.1, 0.15) is 37.9 Å². The maximum Gasteiger partial charge on any atom is 0.355 e. The highest BCUT2D eigenvalue weighted by molar-refractivity contribution is 6.33. The number of hydrogen-bond donors (Lipinski definition) is 1. The van der Waals surface area contributed by atoms with Crippen molar-refractivity contribution in [3.63, 3.8) is 0 Å². The van der Waals surface area contributed by atoms with Crippen molar-refractivity contribution in [1.29, 1.82) is 0 Å². The highest BCUT2D eigenvalue weighted by Crippen LogP contribution is 2.35. The molecule has 41 heavy (non-hydrogen) atoms. The van der Waals surface area contributed by atoms with Crippen LogP contribution in [0.3, 0.4) is 0 Å². The van der Waals surface area contributed by atoms with Crippen molar-refractivity contribution in [1.82, 2.24) is 24.4 Å². The van der Waals surface area contributed by atoms with Crippen LogP contribution in [0.15, 0.2) is 60.0 Å². The molecule has 0 bridgehead atoms. The number of piperazine rings is 1. The number of nitrogens with zero attached hydrogens (tertiary/aromatic N) is 6. The minimum Gasteiger partial charge on any atom is -0.350 e. The van der Waals surface area contributed by atoms with Crippen molar-refractivity contribution in [2.45, 2.75) is 39.7 Å². The van der Waals surface area contributed by atoms with E-state index in [0.717, 1.165) is 11.3 Å². The van der Waals surface area contributed by atoms with Gasteiger partial charge in [-0.1, -0.05) is 38.1 Å². The summed E-state index contributed by atoms with van der Waals surface area (Å²) in [6.45, 7) is 12.8. The summed E-state index contributed by atoms with van der Waals surface area (Å²) in [5.41, 5.74) is 2.44. The SMILES string of the molecule is C=CC(=O)N1CCN(c2nc(=O)n(-c3c(C)ccnc3C(C)C)c3nc(Nc4cccc(F)c4)c(Cl)cc23)[C@@H](C)C1. The fourth-order valence-electron chi connectivity index (χ4n) is 5.20. The number of rotatable bonds is 6. The zero-order valence-electron chi connectivity index (χ0n) is 23.4. The molecule has 11 heteroatoms. The van der Waals surface area contributed by atoms with Crippen LogP contribution in [0.2, 0.25) is 5.02 Å². The van der Waals surface area contributed by atoms with Gasteiger partial charge in [-0.3, -0.25) is 9.78 Å². The molecule has 4 heterocycles. The van der Waals surface area contributed by atoms with Crippen LogP contribution < -0.4 is 15.9 Å². The number of anilines is 3. The van der Waals surface area contributed by atoms with E-state index in [1.807, 2.05) is 38.7 Å². The van der Waals surface area contributed by atoms with Crippen LogP contribution in [0.4, 0.5) is 21.7 Å². The van der Waals surface area contributed by atoms with E-state index < -0.39 is 11.5 Å².